The second kappa shape index (κ2) is 6.39. The van der Waals surface area contributed by atoms with E-state index in [2.05, 4.69) is 19.2 Å². The maximum absolute atomic E-state index is 11.4. The predicted octanol–water partition coefficient (Wildman–Crippen LogP) is 1.83. The Bertz CT molecular complexity index is 656. The molecular formula is C18H31NO6S. The molecule has 8 heteroatoms. The number of hydrogen-bond donors (Lipinski definition) is 1. The monoisotopic (exact) mass is 389 g/mol. The summed E-state index contributed by atoms with van der Waals surface area (Å²) in [7, 11) is -3.01. The largest absolute Gasteiger partial charge is 0.331 e. The van der Waals surface area contributed by atoms with E-state index in [1.165, 1.54) is 6.26 Å². The van der Waals surface area contributed by atoms with Crippen molar-refractivity contribution >= 4 is 9.84 Å². The van der Waals surface area contributed by atoms with Crippen molar-refractivity contribution < 1.29 is 27.7 Å². The molecule has 0 unspecified atom stereocenters. The van der Waals surface area contributed by atoms with Gasteiger partial charge in [-0.2, -0.15) is 0 Å². The Morgan fingerprint density at radius 1 is 1.12 bits per heavy atom. The van der Waals surface area contributed by atoms with Crippen LogP contribution in [0.5, 0.6) is 0 Å². The van der Waals surface area contributed by atoms with E-state index < -0.39 is 27.5 Å². The molecule has 1 spiro atoms. The summed E-state index contributed by atoms with van der Waals surface area (Å²) in [6, 6.07) is 0. The van der Waals surface area contributed by atoms with Crippen LogP contribution in [0.4, 0.5) is 0 Å². The fraction of sp³-hybridized carbons (Fsp3) is 1.00. The Balaban J connectivity index is 1.60. The molecule has 1 N–H and O–H groups in total. The van der Waals surface area contributed by atoms with E-state index in [1.807, 2.05) is 6.92 Å². The van der Waals surface area contributed by atoms with Crippen molar-refractivity contribution in [3.05, 3.63) is 0 Å². The molecule has 8 atom stereocenters. The summed E-state index contributed by atoms with van der Waals surface area (Å²) in [5, 5.41) is 3.29. The van der Waals surface area contributed by atoms with Gasteiger partial charge in [0.15, 0.2) is 11.9 Å². The molecule has 7 nitrogen and oxygen atoms in total. The lowest BCUT2D eigenvalue weighted by atomic mass is 9.58. The molecule has 0 amide bonds. The highest BCUT2D eigenvalue weighted by molar-refractivity contribution is 7.90. The van der Waals surface area contributed by atoms with E-state index in [0.717, 1.165) is 25.7 Å². The van der Waals surface area contributed by atoms with Crippen LogP contribution in [-0.4, -0.2) is 50.9 Å². The first-order chi connectivity index (χ1) is 12.1. The second-order valence-corrected chi connectivity index (χ2v) is 11.2. The number of fused-ring (bicyclic) bond motifs is 2. The van der Waals surface area contributed by atoms with E-state index >= 15 is 0 Å². The molecule has 26 heavy (non-hydrogen) atoms. The molecule has 4 heterocycles. The summed E-state index contributed by atoms with van der Waals surface area (Å²) in [6.45, 7) is 6.72. The summed E-state index contributed by atoms with van der Waals surface area (Å²) in [6.07, 6.45) is 4.49. The van der Waals surface area contributed by atoms with E-state index in [-0.39, 0.29) is 23.8 Å². The lowest BCUT2D eigenvalue weighted by Gasteiger charge is -2.60. The molecular weight excluding hydrogens is 358 g/mol. The Kier molecular flexibility index (Phi) is 4.69. The fourth-order valence-electron chi connectivity index (χ4n) is 5.52. The van der Waals surface area contributed by atoms with Crippen LogP contribution in [0.15, 0.2) is 0 Å². The molecule has 5 rings (SSSR count). The van der Waals surface area contributed by atoms with Crippen LogP contribution < -0.4 is 5.32 Å². The van der Waals surface area contributed by atoms with Gasteiger partial charge in [-0.1, -0.05) is 13.8 Å². The third-order valence-corrected chi connectivity index (χ3v) is 7.92. The molecule has 1 saturated carbocycles. The number of sulfone groups is 1. The normalized spacial score (nSPS) is 50.9. The van der Waals surface area contributed by atoms with Crippen molar-refractivity contribution in [2.75, 3.05) is 18.6 Å². The number of nitrogens with one attached hydrogen (secondary N) is 1. The van der Waals surface area contributed by atoms with Gasteiger partial charge in [-0.3, -0.25) is 5.32 Å². The molecule has 5 aliphatic rings. The van der Waals surface area contributed by atoms with Gasteiger partial charge in [0.05, 0.1) is 5.75 Å². The van der Waals surface area contributed by atoms with E-state index in [0.29, 0.717) is 18.4 Å². The summed E-state index contributed by atoms with van der Waals surface area (Å²) >= 11 is 0. The highest BCUT2D eigenvalue weighted by Gasteiger charge is 2.69. The summed E-state index contributed by atoms with van der Waals surface area (Å²) < 4.78 is 35.5. The van der Waals surface area contributed by atoms with Crippen LogP contribution in [0.25, 0.3) is 0 Å². The Hall–Kier alpha value is -0.250. The first kappa shape index (κ1) is 19.1. The lowest BCUT2D eigenvalue weighted by Crippen LogP contribution is -2.71. The maximum atomic E-state index is 11.4. The van der Waals surface area contributed by atoms with Crippen molar-refractivity contribution in [3.8, 4) is 0 Å². The molecule has 4 saturated heterocycles. The van der Waals surface area contributed by atoms with Crippen LogP contribution in [0.1, 0.15) is 46.5 Å². The number of ether oxygens (including phenoxy) is 2. The molecule has 5 fully saturated rings. The zero-order chi connectivity index (χ0) is 18.7. The fourth-order valence-corrected chi connectivity index (χ4v) is 6.01. The molecule has 150 valence electrons. The highest BCUT2D eigenvalue weighted by Crippen LogP contribution is 2.60. The molecule has 0 aromatic carbocycles. The Labute approximate surface area is 155 Å². The van der Waals surface area contributed by atoms with Crippen molar-refractivity contribution in [1.29, 1.82) is 0 Å². The zero-order valence-corrected chi connectivity index (χ0v) is 16.9. The van der Waals surface area contributed by atoms with Gasteiger partial charge in [0.25, 0.3) is 0 Å². The second-order valence-electron chi connectivity index (χ2n) is 8.91. The minimum absolute atomic E-state index is 0.0951. The van der Waals surface area contributed by atoms with Gasteiger partial charge >= 0.3 is 0 Å². The van der Waals surface area contributed by atoms with Gasteiger partial charge in [-0.15, -0.1) is 0 Å². The van der Waals surface area contributed by atoms with Gasteiger partial charge in [0, 0.05) is 31.1 Å². The Morgan fingerprint density at radius 2 is 1.88 bits per heavy atom. The van der Waals surface area contributed by atoms with E-state index in [1.54, 1.807) is 0 Å². The quantitative estimate of drug-likeness (QED) is 0.735. The standard InChI is InChI=1S/C18H31NO6S/c1-11-5-6-14-12(2)15(19-9-10-26(4,20)21)22-16-18(14)13(11)7-8-17(3,23-16)24-25-18/h11-16,19H,5-10H2,1-4H3/t11-,12-,13+,14+,15-,16-,17-,18-/m1/s1. The number of rotatable bonds is 4. The number of hydrogen-bond acceptors (Lipinski definition) is 7. The summed E-state index contributed by atoms with van der Waals surface area (Å²) in [5.41, 5.74) is -0.567. The minimum Gasteiger partial charge on any atom is -0.331 e. The smallest absolute Gasteiger partial charge is 0.201 e. The Morgan fingerprint density at radius 3 is 2.62 bits per heavy atom. The molecule has 1 aliphatic carbocycles. The maximum Gasteiger partial charge on any atom is 0.201 e. The lowest BCUT2D eigenvalue weighted by molar-refractivity contribution is -0.571. The van der Waals surface area contributed by atoms with Gasteiger partial charge in [0.2, 0.25) is 5.79 Å². The molecule has 0 aromatic heterocycles. The third-order valence-electron chi connectivity index (χ3n) is 6.98. The van der Waals surface area contributed by atoms with Gasteiger partial charge < -0.3 is 9.47 Å². The van der Waals surface area contributed by atoms with Crippen LogP contribution in [0, 0.1) is 23.7 Å². The van der Waals surface area contributed by atoms with Crippen molar-refractivity contribution in [1.82, 2.24) is 5.32 Å². The van der Waals surface area contributed by atoms with Gasteiger partial charge in [-0.25, -0.2) is 18.2 Å². The summed E-state index contributed by atoms with van der Waals surface area (Å²) in [5.74, 6) is 0.617. The van der Waals surface area contributed by atoms with Gasteiger partial charge in [0.1, 0.15) is 16.1 Å². The average Bonchev–Trinajstić information content (AvgIpc) is 2.77. The van der Waals surface area contributed by atoms with Crippen molar-refractivity contribution in [2.45, 2.75) is 70.4 Å². The SMILES string of the molecule is C[C@H]1[C@H](NCCS(C)(=O)=O)O[C@@H]2O[C@@]3(C)CC[C@H]4[C@H](C)CC[C@@H]1[C@@]24OO3. The van der Waals surface area contributed by atoms with Crippen LogP contribution >= 0.6 is 0 Å². The van der Waals surface area contributed by atoms with Crippen LogP contribution in [0.2, 0.25) is 0 Å². The first-order valence-electron chi connectivity index (χ1n) is 9.76. The van der Waals surface area contributed by atoms with Gasteiger partial charge in [-0.05, 0) is 38.0 Å². The van der Waals surface area contributed by atoms with Crippen molar-refractivity contribution in [3.63, 3.8) is 0 Å². The topological polar surface area (TPSA) is 83.1 Å². The molecule has 2 bridgehead atoms. The first-order valence-corrected chi connectivity index (χ1v) is 11.8. The molecule has 4 aliphatic heterocycles. The molecule has 0 aromatic rings. The highest BCUT2D eigenvalue weighted by atomic mass is 32.2. The van der Waals surface area contributed by atoms with Crippen molar-refractivity contribution in [2.24, 2.45) is 23.7 Å². The minimum atomic E-state index is -3.01. The van der Waals surface area contributed by atoms with Crippen LogP contribution in [0.3, 0.4) is 0 Å². The predicted molar refractivity (Wildman–Crippen MR) is 94.5 cm³/mol. The third kappa shape index (κ3) is 3.02. The van der Waals surface area contributed by atoms with Crippen LogP contribution in [-0.2, 0) is 29.1 Å². The summed E-state index contributed by atoms with van der Waals surface area (Å²) in [4.78, 5) is 11.9. The average molecular weight is 390 g/mol. The van der Waals surface area contributed by atoms with E-state index in [4.69, 9.17) is 19.2 Å². The zero-order valence-electron chi connectivity index (χ0n) is 16.1. The molecule has 0 radical (unpaired) electrons. The van der Waals surface area contributed by atoms with E-state index in [9.17, 15) is 8.42 Å².